The predicted octanol–water partition coefficient (Wildman–Crippen LogP) is 3.33. The first-order valence-electron chi connectivity index (χ1n) is 9.52. The Kier molecular flexibility index (Phi) is 7.73. The topological polar surface area (TPSA) is 94.1 Å². The van der Waals surface area contributed by atoms with Gasteiger partial charge in [-0.25, -0.2) is 9.59 Å². The van der Waals surface area contributed by atoms with Gasteiger partial charge in [0, 0.05) is 31.6 Å². The molecule has 7 nitrogen and oxygen atoms in total. The van der Waals surface area contributed by atoms with Crippen LogP contribution < -0.4 is 5.32 Å². The maximum Gasteiger partial charge on any atom is 0.407 e. The number of thioether (sulfide) groups is 1. The monoisotopic (exact) mass is 431 g/mol. The van der Waals surface area contributed by atoms with Crippen LogP contribution in [0.5, 0.6) is 0 Å². The van der Waals surface area contributed by atoms with Gasteiger partial charge >= 0.3 is 12.1 Å². The summed E-state index contributed by atoms with van der Waals surface area (Å²) in [5.41, 5.74) is 4.46. The SMILES string of the molecule is COC(CSCC(NC(=O)OCC1c2ccccc2-c2ccccc21)C(=O)O)OC. The maximum absolute atomic E-state index is 12.3. The van der Waals surface area contributed by atoms with Gasteiger partial charge in [0.15, 0.2) is 6.29 Å². The number of amides is 1. The van der Waals surface area contributed by atoms with Crippen LogP contribution >= 0.6 is 11.8 Å². The summed E-state index contributed by atoms with van der Waals surface area (Å²) in [4.78, 5) is 23.8. The fourth-order valence-electron chi connectivity index (χ4n) is 3.47. The number of carboxylic acid groups (broad SMARTS) is 1. The van der Waals surface area contributed by atoms with Crippen molar-refractivity contribution in [3.8, 4) is 11.1 Å². The molecule has 3 rings (SSSR count). The van der Waals surface area contributed by atoms with Gasteiger partial charge < -0.3 is 24.6 Å². The lowest BCUT2D eigenvalue weighted by molar-refractivity contribution is -0.138. The van der Waals surface area contributed by atoms with E-state index in [0.29, 0.717) is 5.75 Å². The van der Waals surface area contributed by atoms with Crippen molar-refractivity contribution in [3.05, 3.63) is 59.7 Å². The Bertz CT molecular complexity index is 840. The highest BCUT2D eigenvalue weighted by molar-refractivity contribution is 7.99. The molecule has 2 N–H and O–H groups in total. The van der Waals surface area contributed by atoms with Gasteiger partial charge in [-0.3, -0.25) is 0 Å². The molecule has 0 saturated carbocycles. The second-order valence-electron chi connectivity index (χ2n) is 6.80. The molecule has 0 spiro atoms. The molecule has 1 aliphatic carbocycles. The zero-order chi connectivity index (χ0) is 21.5. The zero-order valence-electron chi connectivity index (χ0n) is 16.9. The molecule has 160 valence electrons. The molecule has 0 bridgehead atoms. The van der Waals surface area contributed by atoms with Crippen molar-refractivity contribution in [2.75, 3.05) is 32.3 Å². The molecule has 1 unspecified atom stereocenters. The van der Waals surface area contributed by atoms with E-state index in [2.05, 4.69) is 17.4 Å². The molecular formula is C22H25NO6S. The molecule has 0 saturated heterocycles. The molecule has 30 heavy (non-hydrogen) atoms. The number of carbonyl (C=O) groups excluding carboxylic acids is 1. The van der Waals surface area contributed by atoms with Crippen LogP contribution in [-0.4, -0.2) is 61.8 Å². The zero-order valence-corrected chi connectivity index (χ0v) is 17.7. The largest absolute Gasteiger partial charge is 0.480 e. The van der Waals surface area contributed by atoms with Crippen LogP contribution in [0.4, 0.5) is 4.79 Å². The van der Waals surface area contributed by atoms with E-state index in [0.717, 1.165) is 22.3 Å². The quantitative estimate of drug-likeness (QED) is 0.557. The van der Waals surface area contributed by atoms with Crippen molar-refractivity contribution in [2.45, 2.75) is 18.2 Å². The highest BCUT2D eigenvalue weighted by Crippen LogP contribution is 2.44. The molecular weight excluding hydrogens is 406 g/mol. The van der Waals surface area contributed by atoms with Crippen molar-refractivity contribution in [2.24, 2.45) is 0 Å². The highest BCUT2D eigenvalue weighted by atomic mass is 32.2. The number of aliphatic carboxylic acids is 1. The van der Waals surface area contributed by atoms with E-state index < -0.39 is 24.4 Å². The minimum absolute atomic E-state index is 0.0787. The fraction of sp³-hybridized carbons (Fsp3) is 0.364. The van der Waals surface area contributed by atoms with E-state index in [1.165, 1.54) is 26.0 Å². The van der Waals surface area contributed by atoms with Crippen molar-refractivity contribution < 1.29 is 28.9 Å². The molecule has 8 heteroatoms. The number of hydrogen-bond donors (Lipinski definition) is 2. The Morgan fingerprint density at radius 1 is 1.00 bits per heavy atom. The van der Waals surface area contributed by atoms with Crippen LogP contribution in [0.2, 0.25) is 0 Å². The van der Waals surface area contributed by atoms with Gasteiger partial charge in [-0.1, -0.05) is 48.5 Å². The lowest BCUT2D eigenvalue weighted by atomic mass is 9.98. The number of hydrogen-bond acceptors (Lipinski definition) is 6. The summed E-state index contributed by atoms with van der Waals surface area (Å²) < 4.78 is 15.6. The molecule has 1 amide bonds. The van der Waals surface area contributed by atoms with Gasteiger partial charge in [0.05, 0.1) is 0 Å². The van der Waals surface area contributed by atoms with Crippen molar-refractivity contribution >= 4 is 23.8 Å². The van der Waals surface area contributed by atoms with E-state index in [1.54, 1.807) is 0 Å². The van der Waals surface area contributed by atoms with Crippen LogP contribution in [0, 0.1) is 0 Å². The van der Waals surface area contributed by atoms with Gasteiger partial charge in [-0.15, -0.1) is 0 Å². The molecule has 1 atom stereocenters. The normalized spacial score (nSPS) is 13.6. The second kappa shape index (κ2) is 10.5. The minimum atomic E-state index is -1.12. The number of carbonyl (C=O) groups is 2. The van der Waals surface area contributed by atoms with E-state index in [9.17, 15) is 14.7 Å². The lowest BCUT2D eigenvalue weighted by Gasteiger charge is -2.18. The first-order valence-corrected chi connectivity index (χ1v) is 10.7. The van der Waals surface area contributed by atoms with E-state index in [-0.39, 0.29) is 18.3 Å². The third-order valence-corrected chi connectivity index (χ3v) is 6.07. The van der Waals surface area contributed by atoms with Crippen LogP contribution in [0.3, 0.4) is 0 Å². The summed E-state index contributed by atoms with van der Waals surface area (Å²) in [6.07, 6.45) is -1.18. The third kappa shape index (κ3) is 5.13. The number of rotatable bonds is 10. The number of ether oxygens (including phenoxy) is 3. The number of benzene rings is 2. The Labute approximate surface area is 179 Å². The number of nitrogens with one attached hydrogen (secondary N) is 1. The van der Waals surface area contributed by atoms with Crippen molar-refractivity contribution in [1.82, 2.24) is 5.32 Å². The molecule has 0 aromatic heterocycles. The van der Waals surface area contributed by atoms with Crippen LogP contribution in [0.15, 0.2) is 48.5 Å². The highest BCUT2D eigenvalue weighted by Gasteiger charge is 2.29. The Hall–Kier alpha value is -2.55. The summed E-state index contributed by atoms with van der Waals surface area (Å²) >= 11 is 1.31. The predicted molar refractivity (Wildman–Crippen MR) is 115 cm³/mol. The third-order valence-electron chi connectivity index (χ3n) is 5.00. The second-order valence-corrected chi connectivity index (χ2v) is 7.87. The minimum Gasteiger partial charge on any atom is -0.480 e. The number of fused-ring (bicyclic) bond motifs is 3. The van der Waals surface area contributed by atoms with Gasteiger partial charge in [0.25, 0.3) is 0 Å². The molecule has 0 heterocycles. The molecule has 1 aliphatic rings. The molecule has 2 aromatic carbocycles. The van der Waals surface area contributed by atoms with Gasteiger partial charge in [0.1, 0.15) is 12.6 Å². The maximum atomic E-state index is 12.3. The molecule has 2 aromatic rings. The molecule has 0 fully saturated rings. The number of alkyl carbamates (subject to hydrolysis) is 1. The standard InChI is InChI=1S/C22H25NO6S/c1-27-20(28-2)13-30-12-19(21(24)25)23-22(26)29-11-18-16-9-5-3-7-14(16)15-8-4-6-10-17(15)18/h3-10,18-20H,11-13H2,1-2H3,(H,23,26)(H,24,25). The Balaban J connectivity index is 1.58. The average Bonchev–Trinajstić information content (AvgIpc) is 3.08. The van der Waals surface area contributed by atoms with E-state index >= 15 is 0 Å². The molecule has 0 aliphatic heterocycles. The van der Waals surface area contributed by atoms with Crippen LogP contribution in [-0.2, 0) is 19.0 Å². The Morgan fingerprint density at radius 2 is 1.57 bits per heavy atom. The summed E-state index contributed by atoms with van der Waals surface area (Å²) in [7, 11) is 3.02. The van der Waals surface area contributed by atoms with Gasteiger partial charge in [-0.05, 0) is 22.3 Å². The van der Waals surface area contributed by atoms with Gasteiger partial charge in [-0.2, -0.15) is 11.8 Å². The summed E-state index contributed by atoms with van der Waals surface area (Å²) in [5.74, 6) is -0.585. The fourth-order valence-corrected chi connectivity index (χ4v) is 4.53. The summed E-state index contributed by atoms with van der Waals surface area (Å²) in [5, 5.41) is 11.8. The van der Waals surface area contributed by atoms with Crippen LogP contribution in [0.1, 0.15) is 17.0 Å². The van der Waals surface area contributed by atoms with Crippen molar-refractivity contribution in [1.29, 1.82) is 0 Å². The first-order chi connectivity index (χ1) is 14.5. The average molecular weight is 432 g/mol. The van der Waals surface area contributed by atoms with E-state index in [1.807, 2.05) is 36.4 Å². The van der Waals surface area contributed by atoms with Crippen molar-refractivity contribution in [3.63, 3.8) is 0 Å². The summed E-state index contributed by atoms with van der Waals surface area (Å²) in [6, 6.07) is 15.0. The number of methoxy groups -OCH3 is 2. The Morgan fingerprint density at radius 3 is 2.10 bits per heavy atom. The van der Waals surface area contributed by atoms with Crippen LogP contribution in [0.25, 0.3) is 11.1 Å². The van der Waals surface area contributed by atoms with E-state index in [4.69, 9.17) is 14.2 Å². The smallest absolute Gasteiger partial charge is 0.407 e. The van der Waals surface area contributed by atoms with Gasteiger partial charge in [0.2, 0.25) is 0 Å². The number of carboxylic acids is 1. The molecule has 0 radical (unpaired) electrons. The lowest BCUT2D eigenvalue weighted by Crippen LogP contribution is -2.43. The summed E-state index contributed by atoms with van der Waals surface area (Å²) in [6.45, 7) is 0.134. The first kappa shape index (κ1) is 22.1.